The quantitative estimate of drug-likeness (QED) is 0.735. The molecule has 1 heterocycles. The van der Waals surface area contributed by atoms with E-state index >= 15 is 0 Å². The normalized spacial score (nSPS) is 10.6. The van der Waals surface area contributed by atoms with Crippen LogP contribution in [0, 0.1) is 6.92 Å². The molecule has 0 radical (unpaired) electrons. The van der Waals surface area contributed by atoms with Crippen LogP contribution in [0.15, 0.2) is 42.0 Å². The van der Waals surface area contributed by atoms with Crippen molar-refractivity contribution in [1.29, 1.82) is 0 Å². The van der Waals surface area contributed by atoms with Gasteiger partial charge in [-0.15, -0.1) is 6.58 Å². The highest BCUT2D eigenvalue weighted by molar-refractivity contribution is 5.77. The molecule has 2 rings (SSSR count). The fourth-order valence-electron chi connectivity index (χ4n) is 1.66. The molecule has 1 aromatic carbocycles. The Bertz CT molecular complexity index is 584. The third-order valence-corrected chi connectivity index (χ3v) is 2.55. The number of aryl methyl sites for hydroxylation is 2. The lowest BCUT2D eigenvalue weighted by Crippen LogP contribution is -2.20. The van der Waals surface area contributed by atoms with Crippen LogP contribution in [0.4, 0.5) is 0 Å². The van der Waals surface area contributed by atoms with Crippen LogP contribution in [0.5, 0.6) is 0 Å². The molecule has 0 saturated carbocycles. The molecule has 0 unspecified atom stereocenters. The minimum atomic E-state index is 0.0237. The second-order valence-corrected chi connectivity index (χ2v) is 3.84. The molecule has 0 aliphatic carbocycles. The van der Waals surface area contributed by atoms with Gasteiger partial charge in [-0.1, -0.05) is 17.7 Å². The van der Waals surface area contributed by atoms with Crippen molar-refractivity contribution >= 4 is 10.9 Å². The molecule has 82 valence electrons. The van der Waals surface area contributed by atoms with Crippen molar-refractivity contribution in [2.45, 2.75) is 19.9 Å². The summed E-state index contributed by atoms with van der Waals surface area (Å²) in [7, 11) is 0. The van der Waals surface area contributed by atoms with Crippen LogP contribution in [-0.2, 0) is 6.54 Å². The number of hydrogen-bond acceptors (Lipinski definition) is 2. The molecule has 0 N–H and O–H groups in total. The van der Waals surface area contributed by atoms with E-state index in [9.17, 15) is 4.79 Å². The molecule has 0 amide bonds. The van der Waals surface area contributed by atoms with E-state index in [1.54, 1.807) is 17.0 Å². The van der Waals surface area contributed by atoms with Crippen LogP contribution in [0.2, 0.25) is 0 Å². The van der Waals surface area contributed by atoms with Crippen molar-refractivity contribution in [3.63, 3.8) is 0 Å². The van der Waals surface area contributed by atoms with Gasteiger partial charge < -0.3 is 0 Å². The Morgan fingerprint density at radius 3 is 3.06 bits per heavy atom. The molecule has 2 aromatic rings. The Balaban J connectivity index is 2.59. The van der Waals surface area contributed by atoms with Crippen LogP contribution in [0.25, 0.3) is 10.9 Å². The highest BCUT2D eigenvalue weighted by Crippen LogP contribution is 2.08. The van der Waals surface area contributed by atoms with E-state index in [0.717, 1.165) is 17.5 Å². The van der Waals surface area contributed by atoms with Crippen molar-refractivity contribution in [2.75, 3.05) is 0 Å². The first-order valence-corrected chi connectivity index (χ1v) is 5.29. The van der Waals surface area contributed by atoms with E-state index in [1.165, 1.54) is 0 Å². The molecular formula is C13H14N2O. The zero-order valence-corrected chi connectivity index (χ0v) is 9.31. The van der Waals surface area contributed by atoms with Crippen LogP contribution < -0.4 is 5.56 Å². The summed E-state index contributed by atoms with van der Waals surface area (Å²) < 4.78 is 1.63. The molecule has 0 saturated heterocycles. The first-order valence-electron chi connectivity index (χ1n) is 5.29. The summed E-state index contributed by atoms with van der Waals surface area (Å²) in [5.74, 6) is 0. The van der Waals surface area contributed by atoms with Crippen LogP contribution in [-0.4, -0.2) is 9.55 Å². The van der Waals surface area contributed by atoms with E-state index < -0.39 is 0 Å². The molecule has 0 bridgehead atoms. The summed E-state index contributed by atoms with van der Waals surface area (Å²) in [6.45, 7) is 6.26. The van der Waals surface area contributed by atoms with Gasteiger partial charge >= 0.3 is 0 Å². The van der Waals surface area contributed by atoms with Crippen molar-refractivity contribution in [1.82, 2.24) is 9.55 Å². The van der Waals surface area contributed by atoms with Gasteiger partial charge in [-0.25, -0.2) is 4.98 Å². The zero-order chi connectivity index (χ0) is 11.5. The third-order valence-electron chi connectivity index (χ3n) is 2.55. The summed E-state index contributed by atoms with van der Waals surface area (Å²) >= 11 is 0. The molecular weight excluding hydrogens is 200 g/mol. The first-order chi connectivity index (χ1) is 7.72. The maximum Gasteiger partial charge on any atom is 0.261 e. The average molecular weight is 214 g/mol. The lowest BCUT2D eigenvalue weighted by molar-refractivity contribution is 0.674. The van der Waals surface area contributed by atoms with E-state index in [0.29, 0.717) is 11.9 Å². The van der Waals surface area contributed by atoms with Gasteiger partial charge in [-0.2, -0.15) is 0 Å². The number of benzene rings is 1. The summed E-state index contributed by atoms with van der Waals surface area (Å²) in [6, 6.07) is 5.72. The fraction of sp³-hybridized carbons (Fsp3) is 0.231. The van der Waals surface area contributed by atoms with E-state index in [-0.39, 0.29) is 5.56 Å². The largest absolute Gasteiger partial charge is 0.298 e. The van der Waals surface area contributed by atoms with Crippen molar-refractivity contribution < 1.29 is 0 Å². The molecule has 16 heavy (non-hydrogen) atoms. The van der Waals surface area contributed by atoms with Gasteiger partial charge in [-0.3, -0.25) is 9.36 Å². The average Bonchev–Trinajstić information content (AvgIpc) is 2.29. The third kappa shape index (κ3) is 1.89. The molecule has 0 aliphatic rings. The molecule has 3 heteroatoms. The fourth-order valence-corrected chi connectivity index (χ4v) is 1.66. The van der Waals surface area contributed by atoms with Crippen LogP contribution >= 0.6 is 0 Å². The molecule has 0 spiro atoms. The minimum Gasteiger partial charge on any atom is -0.298 e. The number of aromatic nitrogens is 2. The molecule has 0 atom stereocenters. The van der Waals surface area contributed by atoms with Crippen LogP contribution in [0.3, 0.4) is 0 Å². The molecule has 3 nitrogen and oxygen atoms in total. The monoisotopic (exact) mass is 214 g/mol. The van der Waals surface area contributed by atoms with Gasteiger partial charge in [-0.05, 0) is 25.5 Å². The Labute approximate surface area is 94.1 Å². The van der Waals surface area contributed by atoms with E-state index in [1.807, 2.05) is 25.1 Å². The van der Waals surface area contributed by atoms with Gasteiger partial charge in [0, 0.05) is 6.54 Å². The summed E-state index contributed by atoms with van der Waals surface area (Å²) in [5.41, 5.74) is 1.86. The summed E-state index contributed by atoms with van der Waals surface area (Å²) in [4.78, 5) is 16.3. The highest BCUT2D eigenvalue weighted by Gasteiger charge is 2.03. The predicted octanol–water partition coefficient (Wildman–Crippen LogP) is 2.28. The van der Waals surface area contributed by atoms with E-state index in [4.69, 9.17) is 0 Å². The number of fused-ring (bicyclic) bond motifs is 1. The van der Waals surface area contributed by atoms with Crippen molar-refractivity contribution in [3.05, 3.63) is 53.1 Å². The first kappa shape index (κ1) is 10.6. The predicted molar refractivity (Wildman–Crippen MR) is 65.6 cm³/mol. The topological polar surface area (TPSA) is 34.9 Å². The lowest BCUT2D eigenvalue weighted by atomic mass is 10.2. The van der Waals surface area contributed by atoms with Crippen LogP contribution in [0.1, 0.15) is 12.0 Å². The van der Waals surface area contributed by atoms with Crippen molar-refractivity contribution in [2.24, 2.45) is 0 Å². The van der Waals surface area contributed by atoms with Gasteiger partial charge in [0.05, 0.1) is 17.2 Å². The standard InChI is InChI=1S/C13H14N2O/c1-3-4-7-15-9-14-12-6-5-10(2)8-11(12)13(15)16/h3,5-6,8-9H,1,4,7H2,2H3. The summed E-state index contributed by atoms with van der Waals surface area (Å²) in [5, 5.41) is 0.687. The Morgan fingerprint density at radius 1 is 1.50 bits per heavy atom. The number of allylic oxidation sites excluding steroid dienone is 1. The highest BCUT2D eigenvalue weighted by atomic mass is 16.1. The molecule has 1 aromatic heterocycles. The van der Waals surface area contributed by atoms with Gasteiger partial charge in [0.2, 0.25) is 0 Å². The van der Waals surface area contributed by atoms with Gasteiger partial charge in [0.25, 0.3) is 5.56 Å². The van der Waals surface area contributed by atoms with Gasteiger partial charge in [0.15, 0.2) is 0 Å². The number of nitrogens with zero attached hydrogens (tertiary/aromatic N) is 2. The zero-order valence-electron chi connectivity index (χ0n) is 9.31. The Kier molecular flexibility index (Phi) is 2.86. The Hall–Kier alpha value is -1.90. The second kappa shape index (κ2) is 4.31. The lowest BCUT2D eigenvalue weighted by Gasteiger charge is -2.05. The Morgan fingerprint density at radius 2 is 2.31 bits per heavy atom. The van der Waals surface area contributed by atoms with Gasteiger partial charge in [0.1, 0.15) is 0 Å². The second-order valence-electron chi connectivity index (χ2n) is 3.84. The smallest absolute Gasteiger partial charge is 0.261 e. The number of hydrogen-bond donors (Lipinski definition) is 0. The maximum atomic E-state index is 12.1. The molecule has 0 aliphatic heterocycles. The maximum absolute atomic E-state index is 12.1. The van der Waals surface area contributed by atoms with Crippen molar-refractivity contribution in [3.8, 4) is 0 Å². The SMILES string of the molecule is C=CCCn1cnc2ccc(C)cc2c1=O. The number of rotatable bonds is 3. The summed E-state index contributed by atoms with van der Waals surface area (Å²) in [6.07, 6.45) is 4.18. The van der Waals surface area contributed by atoms with E-state index in [2.05, 4.69) is 11.6 Å². The minimum absolute atomic E-state index is 0.0237. The molecule has 0 fully saturated rings.